The van der Waals surface area contributed by atoms with Crippen LogP contribution in [-0.2, 0) is 0 Å². The van der Waals surface area contributed by atoms with E-state index in [1.807, 2.05) is 6.07 Å². The van der Waals surface area contributed by atoms with E-state index >= 15 is 0 Å². The molecule has 0 saturated heterocycles. The van der Waals surface area contributed by atoms with Gasteiger partial charge in [0.15, 0.2) is 0 Å². The SMILES string of the molecule is Cc1ccc(C#CCCCO)cc1C. The van der Waals surface area contributed by atoms with Gasteiger partial charge in [0.2, 0.25) is 0 Å². The van der Waals surface area contributed by atoms with Gasteiger partial charge in [-0.15, -0.1) is 0 Å². The van der Waals surface area contributed by atoms with Crippen molar-refractivity contribution in [1.29, 1.82) is 0 Å². The molecule has 0 bridgehead atoms. The van der Waals surface area contributed by atoms with Gasteiger partial charge in [-0.1, -0.05) is 17.9 Å². The number of benzene rings is 1. The molecule has 1 heteroatoms. The van der Waals surface area contributed by atoms with Crippen LogP contribution in [0.2, 0.25) is 0 Å². The van der Waals surface area contributed by atoms with E-state index in [0.717, 1.165) is 18.4 Å². The lowest BCUT2D eigenvalue weighted by Gasteiger charge is -1.98. The highest BCUT2D eigenvalue weighted by atomic mass is 16.2. The van der Waals surface area contributed by atoms with Gasteiger partial charge in [-0.3, -0.25) is 0 Å². The van der Waals surface area contributed by atoms with Gasteiger partial charge in [-0.25, -0.2) is 0 Å². The molecule has 0 radical (unpaired) electrons. The van der Waals surface area contributed by atoms with E-state index in [0.29, 0.717) is 0 Å². The zero-order valence-electron chi connectivity index (χ0n) is 8.80. The first-order chi connectivity index (χ1) is 6.74. The fraction of sp³-hybridized carbons (Fsp3) is 0.385. The van der Waals surface area contributed by atoms with Crippen LogP contribution in [0.4, 0.5) is 0 Å². The second-order valence-electron chi connectivity index (χ2n) is 3.43. The maximum atomic E-state index is 8.58. The fourth-order valence-electron chi connectivity index (χ4n) is 1.15. The van der Waals surface area contributed by atoms with Crippen molar-refractivity contribution in [3.05, 3.63) is 34.9 Å². The zero-order chi connectivity index (χ0) is 10.4. The number of unbranched alkanes of at least 4 members (excludes halogenated alkanes) is 1. The van der Waals surface area contributed by atoms with Gasteiger partial charge in [0, 0.05) is 18.6 Å². The number of aryl methyl sites for hydroxylation is 2. The van der Waals surface area contributed by atoms with Gasteiger partial charge < -0.3 is 5.11 Å². The summed E-state index contributed by atoms with van der Waals surface area (Å²) < 4.78 is 0. The Balaban J connectivity index is 2.66. The van der Waals surface area contributed by atoms with E-state index < -0.39 is 0 Å². The molecule has 0 unspecified atom stereocenters. The molecule has 1 N–H and O–H groups in total. The Kier molecular flexibility index (Phi) is 4.22. The Bertz CT molecular complexity index is 355. The Morgan fingerprint density at radius 3 is 2.64 bits per heavy atom. The standard InChI is InChI=1S/C13H16O/c1-11-7-8-13(10-12(11)2)6-4-3-5-9-14/h7-8,10,14H,3,5,9H2,1-2H3. The molecule has 0 heterocycles. The molecule has 1 rings (SSSR count). The Morgan fingerprint density at radius 2 is 2.00 bits per heavy atom. The smallest absolute Gasteiger partial charge is 0.0440 e. The van der Waals surface area contributed by atoms with Crippen molar-refractivity contribution in [2.45, 2.75) is 26.7 Å². The topological polar surface area (TPSA) is 20.2 Å². The number of rotatable bonds is 2. The molecular formula is C13H16O. The number of aliphatic hydroxyl groups excluding tert-OH is 1. The summed E-state index contributed by atoms with van der Waals surface area (Å²) in [5.74, 6) is 6.13. The molecule has 1 nitrogen and oxygen atoms in total. The van der Waals surface area contributed by atoms with Crippen LogP contribution in [0.15, 0.2) is 18.2 Å². The average molecular weight is 188 g/mol. The van der Waals surface area contributed by atoms with Gasteiger partial charge in [-0.2, -0.15) is 0 Å². The normalized spacial score (nSPS) is 9.36. The summed E-state index contributed by atoms with van der Waals surface area (Å²) in [6.07, 6.45) is 1.53. The first kappa shape index (κ1) is 10.8. The van der Waals surface area contributed by atoms with Crippen LogP contribution in [0.25, 0.3) is 0 Å². The van der Waals surface area contributed by atoms with Crippen LogP contribution in [0, 0.1) is 25.7 Å². The van der Waals surface area contributed by atoms with E-state index in [4.69, 9.17) is 5.11 Å². The summed E-state index contributed by atoms with van der Waals surface area (Å²) in [4.78, 5) is 0. The molecule has 0 atom stereocenters. The van der Waals surface area contributed by atoms with Gasteiger partial charge in [0.1, 0.15) is 0 Å². The maximum absolute atomic E-state index is 8.58. The first-order valence-corrected chi connectivity index (χ1v) is 4.91. The molecule has 0 saturated carbocycles. The quantitative estimate of drug-likeness (QED) is 0.558. The fourth-order valence-corrected chi connectivity index (χ4v) is 1.15. The Labute approximate surface area is 85.8 Å². The van der Waals surface area contributed by atoms with Crippen molar-refractivity contribution in [2.24, 2.45) is 0 Å². The Hall–Kier alpha value is -1.26. The summed E-state index contributed by atoms with van der Waals surface area (Å²) in [6, 6.07) is 6.22. The van der Waals surface area contributed by atoms with Crippen LogP contribution in [0.5, 0.6) is 0 Å². The minimum absolute atomic E-state index is 0.224. The molecule has 0 aliphatic carbocycles. The van der Waals surface area contributed by atoms with Crippen molar-refractivity contribution in [2.75, 3.05) is 6.61 Å². The molecule has 1 aromatic carbocycles. The van der Waals surface area contributed by atoms with Crippen LogP contribution in [-0.4, -0.2) is 11.7 Å². The summed E-state index contributed by atoms with van der Waals surface area (Å²) in [7, 11) is 0. The minimum Gasteiger partial charge on any atom is -0.396 e. The lowest BCUT2D eigenvalue weighted by Crippen LogP contribution is -1.83. The van der Waals surface area contributed by atoms with Crippen molar-refractivity contribution in [3.63, 3.8) is 0 Å². The third-order valence-electron chi connectivity index (χ3n) is 2.20. The van der Waals surface area contributed by atoms with Crippen molar-refractivity contribution >= 4 is 0 Å². The number of aliphatic hydroxyl groups is 1. The van der Waals surface area contributed by atoms with Crippen molar-refractivity contribution in [1.82, 2.24) is 0 Å². The largest absolute Gasteiger partial charge is 0.396 e. The molecule has 1 aromatic rings. The number of hydrogen-bond donors (Lipinski definition) is 1. The van der Waals surface area contributed by atoms with Gasteiger partial charge in [-0.05, 0) is 43.5 Å². The summed E-state index contributed by atoms with van der Waals surface area (Å²) >= 11 is 0. The van der Waals surface area contributed by atoms with E-state index in [-0.39, 0.29) is 6.61 Å². The highest BCUT2D eigenvalue weighted by Gasteiger charge is 1.92. The monoisotopic (exact) mass is 188 g/mol. The third-order valence-corrected chi connectivity index (χ3v) is 2.20. The lowest BCUT2D eigenvalue weighted by molar-refractivity contribution is 0.290. The van der Waals surface area contributed by atoms with Gasteiger partial charge in [0.05, 0.1) is 0 Å². The second-order valence-corrected chi connectivity index (χ2v) is 3.43. The van der Waals surface area contributed by atoms with Gasteiger partial charge in [0.25, 0.3) is 0 Å². The molecular weight excluding hydrogens is 172 g/mol. The van der Waals surface area contributed by atoms with Crippen LogP contribution >= 0.6 is 0 Å². The first-order valence-electron chi connectivity index (χ1n) is 4.91. The zero-order valence-corrected chi connectivity index (χ0v) is 8.80. The van der Waals surface area contributed by atoms with Crippen molar-refractivity contribution in [3.8, 4) is 11.8 Å². The predicted octanol–water partition coefficient (Wildman–Crippen LogP) is 2.43. The van der Waals surface area contributed by atoms with Crippen LogP contribution in [0.1, 0.15) is 29.5 Å². The minimum atomic E-state index is 0.224. The average Bonchev–Trinajstić information content (AvgIpc) is 2.18. The maximum Gasteiger partial charge on any atom is 0.0440 e. The molecule has 0 aliphatic heterocycles. The third kappa shape index (κ3) is 3.24. The summed E-state index contributed by atoms with van der Waals surface area (Å²) in [5, 5.41) is 8.58. The molecule has 74 valence electrons. The van der Waals surface area contributed by atoms with Crippen LogP contribution < -0.4 is 0 Å². The second kappa shape index (κ2) is 5.47. The summed E-state index contributed by atoms with van der Waals surface area (Å²) in [5.41, 5.74) is 3.64. The predicted molar refractivity (Wildman–Crippen MR) is 59.1 cm³/mol. The molecule has 0 amide bonds. The van der Waals surface area contributed by atoms with Gasteiger partial charge >= 0.3 is 0 Å². The van der Waals surface area contributed by atoms with E-state index in [9.17, 15) is 0 Å². The Morgan fingerprint density at radius 1 is 1.21 bits per heavy atom. The molecule has 0 aliphatic rings. The lowest BCUT2D eigenvalue weighted by atomic mass is 10.1. The van der Waals surface area contributed by atoms with E-state index in [2.05, 4.69) is 37.8 Å². The number of hydrogen-bond acceptors (Lipinski definition) is 1. The van der Waals surface area contributed by atoms with E-state index in [1.165, 1.54) is 11.1 Å². The molecule has 0 spiro atoms. The van der Waals surface area contributed by atoms with E-state index in [1.54, 1.807) is 0 Å². The highest BCUT2D eigenvalue weighted by Crippen LogP contribution is 2.08. The molecule has 0 fully saturated rings. The highest BCUT2D eigenvalue weighted by molar-refractivity contribution is 5.39. The van der Waals surface area contributed by atoms with Crippen LogP contribution in [0.3, 0.4) is 0 Å². The molecule has 0 aromatic heterocycles. The molecule has 14 heavy (non-hydrogen) atoms. The van der Waals surface area contributed by atoms with Crippen molar-refractivity contribution < 1.29 is 5.11 Å². The summed E-state index contributed by atoms with van der Waals surface area (Å²) in [6.45, 7) is 4.41.